The van der Waals surface area contributed by atoms with Gasteiger partial charge in [0.05, 0.1) is 11.4 Å². The fourth-order valence-corrected chi connectivity index (χ4v) is 3.66. The molecule has 0 aliphatic rings. The number of nitrogens with one attached hydrogen (secondary N) is 1. The zero-order valence-electron chi connectivity index (χ0n) is 14.7. The van der Waals surface area contributed by atoms with Crippen molar-refractivity contribution in [3.8, 4) is 5.69 Å². The SMILES string of the molecule is CCc1ccccc1-n1cnnc1SCC(=O)Nc1ccc(SC)cc1. The van der Waals surface area contributed by atoms with Gasteiger partial charge in [-0.2, -0.15) is 0 Å². The van der Waals surface area contributed by atoms with Crippen LogP contribution in [0.25, 0.3) is 5.69 Å². The minimum absolute atomic E-state index is 0.0646. The molecule has 3 aromatic rings. The summed E-state index contributed by atoms with van der Waals surface area (Å²) in [7, 11) is 0. The van der Waals surface area contributed by atoms with Gasteiger partial charge in [-0.3, -0.25) is 9.36 Å². The molecule has 3 rings (SSSR count). The molecule has 26 heavy (non-hydrogen) atoms. The fourth-order valence-electron chi connectivity index (χ4n) is 2.53. The number of para-hydroxylation sites is 1. The lowest BCUT2D eigenvalue weighted by Gasteiger charge is -2.10. The molecule has 1 heterocycles. The smallest absolute Gasteiger partial charge is 0.234 e. The van der Waals surface area contributed by atoms with E-state index in [0.717, 1.165) is 17.8 Å². The lowest BCUT2D eigenvalue weighted by molar-refractivity contribution is -0.113. The molecule has 7 heteroatoms. The first kappa shape index (κ1) is 18.5. The molecule has 134 valence electrons. The van der Waals surface area contributed by atoms with Crippen molar-refractivity contribution in [2.24, 2.45) is 0 Å². The molecule has 1 aromatic heterocycles. The van der Waals surface area contributed by atoms with E-state index < -0.39 is 0 Å². The number of amides is 1. The number of carbonyl (C=O) groups excluding carboxylic acids is 1. The van der Waals surface area contributed by atoms with Crippen LogP contribution in [0, 0.1) is 0 Å². The third-order valence-electron chi connectivity index (χ3n) is 3.85. The quantitative estimate of drug-likeness (QED) is 0.616. The number of rotatable bonds is 7. The minimum atomic E-state index is -0.0646. The number of hydrogen-bond donors (Lipinski definition) is 1. The number of aromatic nitrogens is 3. The van der Waals surface area contributed by atoms with Gasteiger partial charge in [0.25, 0.3) is 0 Å². The number of hydrogen-bond acceptors (Lipinski definition) is 5. The third kappa shape index (κ3) is 4.47. The van der Waals surface area contributed by atoms with E-state index in [0.29, 0.717) is 5.16 Å². The molecule has 0 radical (unpaired) electrons. The van der Waals surface area contributed by atoms with Crippen LogP contribution in [0.3, 0.4) is 0 Å². The average molecular weight is 385 g/mol. The van der Waals surface area contributed by atoms with Gasteiger partial charge in [-0.1, -0.05) is 36.9 Å². The van der Waals surface area contributed by atoms with E-state index in [4.69, 9.17) is 0 Å². The van der Waals surface area contributed by atoms with Crippen molar-refractivity contribution < 1.29 is 4.79 Å². The summed E-state index contributed by atoms with van der Waals surface area (Å²) in [5.41, 5.74) is 3.06. The van der Waals surface area contributed by atoms with Gasteiger partial charge in [0.1, 0.15) is 6.33 Å². The second kappa shape index (κ2) is 8.91. The summed E-state index contributed by atoms with van der Waals surface area (Å²) in [5.74, 6) is 0.210. The molecule has 1 N–H and O–H groups in total. The van der Waals surface area contributed by atoms with Crippen LogP contribution in [0.5, 0.6) is 0 Å². The second-order valence-electron chi connectivity index (χ2n) is 5.53. The molecule has 0 fully saturated rings. The van der Waals surface area contributed by atoms with E-state index in [-0.39, 0.29) is 11.7 Å². The molecule has 2 aromatic carbocycles. The topological polar surface area (TPSA) is 59.8 Å². The summed E-state index contributed by atoms with van der Waals surface area (Å²) in [6.45, 7) is 2.12. The third-order valence-corrected chi connectivity index (χ3v) is 5.54. The minimum Gasteiger partial charge on any atom is -0.325 e. The number of aryl methyl sites for hydroxylation is 1. The van der Waals surface area contributed by atoms with Crippen molar-refractivity contribution >= 4 is 35.1 Å². The maximum Gasteiger partial charge on any atom is 0.234 e. The van der Waals surface area contributed by atoms with Gasteiger partial charge < -0.3 is 5.32 Å². The van der Waals surface area contributed by atoms with Crippen molar-refractivity contribution in [2.75, 3.05) is 17.3 Å². The number of benzene rings is 2. The Kier molecular flexibility index (Phi) is 6.35. The van der Waals surface area contributed by atoms with Gasteiger partial charge in [0, 0.05) is 10.6 Å². The first-order chi connectivity index (χ1) is 12.7. The highest BCUT2D eigenvalue weighted by atomic mass is 32.2. The van der Waals surface area contributed by atoms with E-state index in [9.17, 15) is 4.79 Å². The normalized spacial score (nSPS) is 10.7. The summed E-state index contributed by atoms with van der Waals surface area (Å²) in [6.07, 6.45) is 4.64. The molecular formula is C19H20N4OS2. The van der Waals surface area contributed by atoms with Gasteiger partial charge in [-0.15, -0.1) is 22.0 Å². The Morgan fingerprint density at radius 2 is 1.92 bits per heavy atom. The summed E-state index contributed by atoms with van der Waals surface area (Å²) in [4.78, 5) is 13.4. The van der Waals surface area contributed by atoms with Gasteiger partial charge in [-0.05, 0) is 48.6 Å². The molecule has 0 aliphatic heterocycles. The molecular weight excluding hydrogens is 364 g/mol. The highest BCUT2D eigenvalue weighted by Crippen LogP contribution is 2.23. The Morgan fingerprint density at radius 1 is 1.15 bits per heavy atom. The maximum absolute atomic E-state index is 12.2. The van der Waals surface area contributed by atoms with Crippen molar-refractivity contribution in [3.05, 3.63) is 60.4 Å². The van der Waals surface area contributed by atoms with Crippen molar-refractivity contribution in [3.63, 3.8) is 0 Å². The Morgan fingerprint density at radius 3 is 2.65 bits per heavy atom. The van der Waals surface area contributed by atoms with Crippen LogP contribution >= 0.6 is 23.5 Å². The van der Waals surface area contributed by atoms with Gasteiger partial charge in [-0.25, -0.2) is 0 Å². The maximum atomic E-state index is 12.2. The van der Waals surface area contributed by atoms with Crippen LogP contribution in [-0.4, -0.2) is 32.7 Å². The Labute approximate surface area is 161 Å². The summed E-state index contributed by atoms with van der Waals surface area (Å²) >= 11 is 3.05. The van der Waals surface area contributed by atoms with Crippen LogP contribution < -0.4 is 5.32 Å². The van der Waals surface area contributed by atoms with Crippen LogP contribution in [0.1, 0.15) is 12.5 Å². The van der Waals surface area contributed by atoms with Gasteiger partial charge in [0.15, 0.2) is 5.16 Å². The summed E-state index contributed by atoms with van der Waals surface area (Å²) < 4.78 is 1.93. The molecule has 5 nitrogen and oxygen atoms in total. The zero-order chi connectivity index (χ0) is 18.4. The standard InChI is InChI=1S/C19H20N4OS2/c1-3-14-6-4-5-7-17(14)23-13-20-22-19(23)26-12-18(24)21-15-8-10-16(25-2)11-9-15/h4-11,13H,3,12H2,1-2H3,(H,21,24). The van der Waals surface area contributed by atoms with Crippen molar-refractivity contribution in [2.45, 2.75) is 23.4 Å². The average Bonchev–Trinajstić information content (AvgIpc) is 3.15. The highest BCUT2D eigenvalue weighted by molar-refractivity contribution is 7.99. The molecule has 1 amide bonds. The monoisotopic (exact) mass is 384 g/mol. The number of carbonyl (C=O) groups is 1. The molecule has 0 spiro atoms. The van der Waals surface area contributed by atoms with Crippen LogP contribution in [0.2, 0.25) is 0 Å². The lowest BCUT2D eigenvalue weighted by atomic mass is 10.1. The van der Waals surface area contributed by atoms with E-state index in [2.05, 4.69) is 28.5 Å². The van der Waals surface area contributed by atoms with Gasteiger partial charge in [0.2, 0.25) is 5.91 Å². The molecule has 0 saturated carbocycles. The molecule has 0 bridgehead atoms. The summed E-state index contributed by atoms with van der Waals surface area (Å²) in [6, 6.07) is 16.0. The van der Waals surface area contributed by atoms with Crippen LogP contribution in [0.4, 0.5) is 5.69 Å². The molecule has 0 atom stereocenters. The van der Waals surface area contributed by atoms with E-state index >= 15 is 0 Å². The number of anilines is 1. The zero-order valence-corrected chi connectivity index (χ0v) is 16.3. The fraction of sp³-hybridized carbons (Fsp3) is 0.211. The lowest BCUT2D eigenvalue weighted by Crippen LogP contribution is -2.14. The van der Waals surface area contributed by atoms with Crippen molar-refractivity contribution in [1.82, 2.24) is 14.8 Å². The highest BCUT2D eigenvalue weighted by Gasteiger charge is 2.12. The largest absolute Gasteiger partial charge is 0.325 e. The van der Waals surface area contributed by atoms with Crippen LogP contribution in [-0.2, 0) is 11.2 Å². The Balaban J connectivity index is 1.65. The predicted octanol–water partition coefficient (Wildman–Crippen LogP) is 4.28. The predicted molar refractivity (Wildman–Crippen MR) is 108 cm³/mol. The van der Waals surface area contributed by atoms with Gasteiger partial charge >= 0.3 is 0 Å². The molecule has 0 saturated heterocycles. The number of nitrogens with zero attached hydrogens (tertiary/aromatic N) is 3. The molecule has 0 aliphatic carbocycles. The number of thioether (sulfide) groups is 2. The first-order valence-corrected chi connectivity index (χ1v) is 10.5. The van der Waals surface area contributed by atoms with E-state index in [1.807, 2.05) is 53.3 Å². The summed E-state index contributed by atoms with van der Waals surface area (Å²) in [5, 5.41) is 11.8. The molecule has 0 unspecified atom stereocenters. The van der Waals surface area contributed by atoms with E-state index in [1.54, 1.807) is 18.1 Å². The van der Waals surface area contributed by atoms with Crippen LogP contribution in [0.15, 0.2) is 64.9 Å². The first-order valence-electron chi connectivity index (χ1n) is 8.26. The Bertz CT molecular complexity index is 877. The second-order valence-corrected chi connectivity index (χ2v) is 7.35. The van der Waals surface area contributed by atoms with E-state index in [1.165, 1.54) is 22.2 Å². The Hall–Kier alpha value is -2.25. The van der Waals surface area contributed by atoms with Crippen molar-refractivity contribution in [1.29, 1.82) is 0 Å².